The monoisotopic (exact) mass is 357 g/mol. The summed E-state index contributed by atoms with van der Waals surface area (Å²) in [7, 11) is -1.32. The van der Waals surface area contributed by atoms with Crippen molar-refractivity contribution in [3.8, 4) is 0 Å². The van der Waals surface area contributed by atoms with Gasteiger partial charge in [-0.2, -0.15) is 0 Å². The van der Waals surface area contributed by atoms with Gasteiger partial charge in [-0.1, -0.05) is 20.8 Å². The number of benzene rings is 2. The van der Waals surface area contributed by atoms with Crippen LogP contribution in [0.3, 0.4) is 0 Å². The van der Waals surface area contributed by atoms with E-state index in [9.17, 15) is 9.00 Å². The summed E-state index contributed by atoms with van der Waals surface area (Å²) < 4.78 is 15.5. The second-order valence-electron chi connectivity index (χ2n) is 7.15. The van der Waals surface area contributed by atoms with Crippen molar-refractivity contribution in [3.63, 3.8) is 0 Å². The molecule has 3 rings (SSSR count). The highest BCUT2D eigenvalue weighted by atomic mass is 32.2. The van der Waals surface area contributed by atoms with Gasteiger partial charge in [-0.25, -0.2) is 4.21 Å². The normalized spacial score (nSPS) is 14.4. The summed E-state index contributed by atoms with van der Waals surface area (Å²) in [6.45, 7) is 6.54. The van der Waals surface area contributed by atoms with Crippen LogP contribution in [0.25, 0.3) is 0 Å². The molecule has 0 saturated carbocycles. The van der Waals surface area contributed by atoms with Crippen LogP contribution in [0.5, 0.6) is 0 Å². The van der Waals surface area contributed by atoms with Gasteiger partial charge < -0.3 is 15.4 Å². The molecule has 0 spiro atoms. The lowest BCUT2D eigenvalue weighted by atomic mass is 9.95. The molecular formula is C19H23N3O2S. The predicted octanol–water partition coefficient (Wildman–Crippen LogP) is 3.77. The zero-order valence-corrected chi connectivity index (χ0v) is 15.5. The fourth-order valence-electron chi connectivity index (χ4n) is 2.50. The fourth-order valence-corrected chi connectivity index (χ4v) is 3.41. The fraction of sp³-hybridized carbons (Fsp3) is 0.316. The minimum Gasteiger partial charge on any atom is -0.384 e. The van der Waals surface area contributed by atoms with Crippen LogP contribution < -0.4 is 15.4 Å². The maximum absolute atomic E-state index is 12.5. The zero-order chi connectivity index (χ0) is 18.0. The molecule has 1 heterocycles. The maximum atomic E-state index is 12.5. The Morgan fingerprint density at radius 2 is 1.76 bits per heavy atom. The number of fused-ring (bicyclic) bond motifs is 1. The molecule has 0 fully saturated rings. The number of hydrogen-bond donors (Lipinski definition) is 3. The number of hydrogen-bond acceptors (Lipinski definition) is 3. The molecule has 1 aliphatic heterocycles. The zero-order valence-electron chi connectivity index (χ0n) is 14.7. The minimum atomic E-state index is -1.32. The van der Waals surface area contributed by atoms with Gasteiger partial charge in [0.25, 0.3) is 0 Å². The molecule has 5 nitrogen and oxygen atoms in total. The van der Waals surface area contributed by atoms with Crippen LogP contribution in [0.15, 0.2) is 47.4 Å². The number of anilines is 3. The van der Waals surface area contributed by atoms with Crippen LogP contribution in [-0.2, 0) is 22.2 Å². The van der Waals surface area contributed by atoms with E-state index in [0.717, 1.165) is 34.9 Å². The summed E-state index contributed by atoms with van der Waals surface area (Å²) in [5, 5.41) is 6.17. The Morgan fingerprint density at radius 3 is 2.44 bits per heavy atom. The maximum Gasteiger partial charge on any atom is 0.229 e. The number of nitrogens with one attached hydrogen (secondary N) is 3. The summed E-state index contributed by atoms with van der Waals surface area (Å²) in [4.78, 5) is 12.8. The van der Waals surface area contributed by atoms with Gasteiger partial charge in [0.05, 0.1) is 4.90 Å². The first kappa shape index (κ1) is 17.5. The van der Waals surface area contributed by atoms with E-state index >= 15 is 0 Å². The Morgan fingerprint density at radius 1 is 1.08 bits per heavy atom. The third kappa shape index (κ3) is 4.20. The van der Waals surface area contributed by atoms with E-state index in [2.05, 4.69) is 15.4 Å². The molecule has 1 aliphatic rings. The van der Waals surface area contributed by atoms with Gasteiger partial charge in [0.1, 0.15) is 11.0 Å². The van der Waals surface area contributed by atoms with E-state index in [1.807, 2.05) is 51.1 Å². The Hall–Kier alpha value is -2.34. The molecular weight excluding hydrogens is 334 g/mol. The molecule has 1 atom stereocenters. The smallest absolute Gasteiger partial charge is 0.229 e. The Bertz CT molecular complexity index is 810. The number of carbonyl (C=O) groups excluding carboxylic acids is 1. The first-order chi connectivity index (χ1) is 11.8. The molecule has 2 aromatic rings. The van der Waals surface area contributed by atoms with Crippen molar-refractivity contribution in [2.24, 2.45) is 5.41 Å². The van der Waals surface area contributed by atoms with Crippen LogP contribution in [0.4, 0.5) is 17.1 Å². The third-order valence-corrected chi connectivity index (χ3v) is 5.14. The van der Waals surface area contributed by atoms with Crippen LogP contribution in [0, 0.1) is 5.41 Å². The van der Waals surface area contributed by atoms with Gasteiger partial charge in [-0.15, -0.1) is 0 Å². The van der Waals surface area contributed by atoms with Crippen molar-refractivity contribution in [1.29, 1.82) is 0 Å². The van der Waals surface area contributed by atoms with Crippen molar-refractivity contribution >= 4 is 34.0 Å². The van der Waals surface area contributed by atoms with E-state index in [1.165, 1.54) is 5.56 Å². The summed E-state index contributed by atoms with van der Waals surface area (Å²) >= 11 is 0. The Kier molecular flexibility index (Phi) is 4.81. The van der Waals surface area contributed by atoms with Crippen LogP contribution >= 0.6 is 0 Å². The van der Waals surface area contributed by atoms with E-state index in [-0.39, 0.29) is 5.91 Å². The third-order valence-electron chi connectivity index (χ3n) is 4.04. The molecule has 0 aromatic heterocycles. The summed E-state index contributed by atoms with van der Waals surface area (Å²) in [6, 6.07) is 13.1. The molecule has 3 N–H and O–H groups in total. The molecule has 0 radical (unpaired) electrons. The second kappa shape index (κ2) is 6.88. The van der Waals surface area contributed by atoms with Crippen molar-refractivity contribution in [2.75, 3.05) is 21.9 Å². The van der Waals surface area contributed by atoms with E-state index in [0.29, 0.717) is 0 Å². The van der Waals surface area contributed by atoms with Gasteiger partial charge in [-0.3, -0.25) is 4.79 Å². The average molecular weight is 357 g/mol. The standard InChI is InChI=1S/C19H23N3O2S/c1-19(2,3)18(23)21-14-4-6-15(7-5-14)22-25(24)16-8-9-17-13(12-16)10-11-20-17/h4-9,12,20,22H,10-11H2,1-3H3,(H,21,23). The number of rotatable bonds is 4. The van der Waals surface area contributed by atoms with E-state index in [1.54, 1.807) is 12.1 Å². The first-order valence-corrected chi connectivity index (χ1v) is 9.45. The topological polar surface area (TPSA) is 70.2 Å². The molecule has 0 saturated heterocycles. The Labute approximate surface area is 150 Å². The highest BCUT2D eigenvalue weighted by molar-refractivity contribution is 7.86. The molecule has 0 bridgehead atoms. The molecule has 1 amide bonds. The van der Waals surface area contributed by atoms with Crippen LogP contribution in [0.1, 0.15) is 26.3 Å². The molecule has 25 heavy (non-hydrogen) atoms. The van der Waals surface area contributed by atoms with Gasteiger partial charge in [0, 0.05) is 29.0 Å². The van der Waals surface area contributed by atoms with Gasteiger partial charge >= 0.3 is 0 Å². The van der Waals surface area contributed by atoms with Crippen molar-refractivity contribution in [1.82, 2.24) is 0 Å². The minimum absolute atomic E-state index is 0.0384. The quantitative estimate of drug-likeness (QED) is 0.780. The van der Waals surface area contributed by atoms with E-state index < -0.39 is 16.4 Å². The van der Waals surface area contributed by atoms with Gasteiger partial charge in [0.15, 0.2) is 0 Å². The second-order valence-corrected chi connectivity index (χ2v) is 8.36. The van der Waals surface area contributed by atoms with Crippen LogP contribution in [0.2, 0.25) is 0 Å². The van der Waals surface area contributed by atoms with Crippen LogP contribution in [-0.4, -0.2) is 16.7 Å². The number of carbonyl (C=O) groups is 1. The molecule has 2 aromatic carbocycles. The van der Waals surface area contributed by atoms with Crippen molar-refractivity contribution in [3.05, 3.63) is 48.0 Å². The summed E-state index contributed by atoms with van der Waals surface area (Å²) in [5.74, 6) is -0.0384. The summed E-state index contributed by atoms with van der Waals surface area (Å²) in [5.41, 5.74) is 3.35. The van der Waals surface area contributed by atoms with Gasteiger partial charge in [0.2, 0.25) is 5.91 Å². The molecule has 132 valence electrons. The average Bonchev–Trinajstić information content (AvgIpc) is 3.03. The lowest BCUT2D eigenvalue weighted by Gasteiger charge is -2.17. The molecule has 6 heteroatoms. The predicted molar refractivity (Wildman–Crippen MR) is 103 cm³/mol. The van der Waals surface area contributed by atoms with Crippen molar-refractivity contribution in [2.45, 2.75) is 32.1 Å². The van der Waals surface area contributed by atoms with E-state index in [4.69, 9.17) is 0 Å². The lowest BCUT2D eigenvalue weighted by Crippen LogP contribution is -2.27. The Balaban J connectivity index is 1.65. The van der Waals surface area contributed by atoms with Crippen molar-refractivity contribution < 1.29 is 9.00 Å². The summed E-state index contributed by atoms with van der Waals surface area (Å²) in [6.07, 6.45) is 0.961. The van der Waals surface area contributed by atoms with Gasteiger partial charge in [-0.05, 0) is 54.4 Å². The number of amides is 1. The lowest BCUT2D eigenvalue weighted by molar-refractivity contribution is -0.123. The largest absolute Gasteiger partial charge is 0.384 e. The molecule has 0 aliphatic carbocycles. The highest BCUT2D eigenvalue weighted by Gasteiger charge is 2.21. The first-order valence-electron chi connectivity index (χ1n) is 8.30. The highest BCUT2D eigenvalue weighted by Crippen LogP contribution is 2.25. The SMILES string of the molecule is CC(C)(C)C(=O)Nc1ccc(NS(=O)c2ccc3c(c2)CCN3)cc1. The molecule has 1 unspecified atom stereocenters.